The van der Waals surface area contributed by atoms with Gasteiger partial charge in [-0.25, -0.2) is 8.42 Å². The van der Waals surface area contributed by atoms with Crippen molar-refractivity contribution in [1.82, 2.24) is 4.31 Å². The van der Waals surface area contributed by atoms with Crippen LogP contribution in [0.1, 0.15) is 18.4 Å². The minimum Gasteiger partial charge on any atom is -0.481 e. The normalized spacial score (nSPS) is 20.8. The summed E-state index contributed by atoms with van der Waals surface area (Å²) in [7, 11) is -3.62. The summed E-state index contributed by atoms with van der Waals surface area (Å²) in [4.78, 5) is 11.2. The number of halogens is 1. The maximum absolute atomic E-state index is 12.5. The van der Waals surface area contributed by atoms with Gasteiger partial charge in [0, 0.05) is 17.6 Å². The minimum atomic E-state index is -3.62. The summed E-state index contributed by atoms with van der Waals surface area (Å²) in [5.41, 5.74) is 0.831. The number of piperidine rings is 1. The smallest absolute Gasteiger partial charge is 0.307 e. The third kappa shape index (κ3) is 3.05. The second-order valence-electron chi connectivity index (χ2n) is 4.95. The SMILES string of the molecule is Cc1cc(S(=O)(=O)N2CCC[C@H](C(=O)O)C2)ccc1Br. The van der Waals surface area contributed by atoms with Crippen molar-refractivity contribution >= 4 is 31.9 Å². The Morgan fingerprint density at radius 3 is 2.75 bits per heavy atom. The fourth-order valence-corrected chi connectivity index (χ4v) is 4.15. The van der Waals surface area contributed by atoms with Crippen LogP contribution >= 0.6 is 15.9 Å². The summed E-state index contributed by atoms with van der Waals surface area (Å²) in [6.07, 6.45) is 1.10. The standard InChI is InChI=1S/C13H16BrNO4S/c1-9-7-11(4-5-12(9)14)20(18,19)15-6-2-3-10(8-15)13(16)17/h4-5,7,10H,2-3,6,8H2,1H3,(H,16,17)/t10-/m0/s1. The Hall–Kier alpha value is -0.920. The number of hydrogen-bond acceptors (Lipinski definition) is 3. The predicted molar refractivity (Wildman–Crippen MR) is 78.0 cm³/mol. The molecule has 0 amide bonds. The van der Waals surface area contributed by atoms with E-state index in [9.17, 15) is 13.2 Å². The molecule has 1 atom stereocenters. The van der Waals surface area contributed by atoms with Gasteiger partial charge in [0.25, 0.3) is 0 Å². The Kier molecular flexibility index (Phi) is 4.51. The first-order valence-electron chi connectivity index (χ1n) is 6.31. The Bertz CT molecular complexity index is 629. The summed E-state index contributed by atoms with van der Waals surface area (Å²) < 4.78 is 27.2. The van der Waals surface area contributed by atoms with E-state index in [1.165, 1.54) is 10.4 Å². The van der Waals surface area contributed by atoms with E-state index in [1.807, 2.05) is 6.92 Å². The van der Waals surface area contributed by atoms with Crippen LogP contribution in [0.2, 0.25) is 0 Å². The number of nitrogens with zero attached hydrogens (tertiary/aromatic N) is 1. The molecule has 1 aromatic carbocycles. The monoisotopic (exact) mass is 361 g/mol. The number of sulfonamides is 1. The third-order valence-electron chi connectivity index (χ3n) is 3.50. The lowest BCUT2D eigenvalue weighted by atomic mass is 10.0. The van der Waals surface area contributed by atoms with E-state index in [0.29, 0.717) is 19.4 Å². The van der Waals surface area contributed by atoms with Gasteiger partial charge in [-0.3, -0.25) is 4.79 Å². The molecule has 0 spiro atoms. The molecule has 1 fully saturated rings. The lowest BCUT2D eigenvalue weighted by Crippen LogP contribution is -2.42. The Balaban J connectivity index is 2.29. The summed E-state index contributed by atoms with van der Waals surface area (Å²) in [5.74, 6) is -1.55. The largest absolute Gasteiger partial charge is 0.481 e. The van der Waals surface area contributed by atoms with E-state index in [2.05, 4.69) is 15.9 Å². The number of aryl methyl sites for hydroxylation is 1. The van der Waals surface area contributed by atoms with E-state index >= 15 is 0 Å². The molecule has 5 nitrogen and oxygen atoms in total. The Morgan fingerprint density at radius 2 is 2.15 bits per heavy atom. The van der Waals surface area contributed by atoms with Crippen LogP contribution in [0, 0.1) is 12.8 Å². The average molecular weight is 362 g/mol. The molecule has 1 saturated heterocycles. The second kappa shape index (κ2) is 5.83. The van der Waals surface area contributed by atoms with Crippen LogP contribution < -0.4 is 0 Å². The topological polar surface area (TPSA) is 74.7 Å². The number of carboxylic acid groups (broad SMARTS) is 1. The zero-order valence-corrected chi connectivity index (χ0v) is 13.4. The van der Waals surface area contributed by atoms with Crippen molar-refractivity contribution in [2.24, 2.45) is 5.92 Å². The summed E-state index contributed by atoms with van der Waals surface area (Å²) in [6, 6.07) is 4.83. The van der Waals surface area contributed by atoms with Crippen LogP contribution in [0.3, 0.4) is 0 Å². The highest BCUT2D eigenvalue weighted by Gasteiger charge is 2.33. The van der Waals surface area contributed by atoms with E-state index in [0.717, 1.165) is 10.0 Å². The molecule has 1 aliphatic rings. The van der Waals surface area contributed by atoms with Crippen molar-refractivity contribution in [2.75, 3.05) is 13.1 Å². The van der Waals surface area contributed by atoms with Gasteiger partial charge in [0.05, 0.1) is 10.8 Å². The summed E-state index contributed by atoms with van der Waals surface area (Å²) >= 11 is 3.33. The summed E-state index contributed by atoms with van der Waals surface area (Å²) in [6.45, 7) is 2.24. The molecule has 20 heavy (non-hydrogen) atoms. The molecule has 1 aliphatic heterocycles. The molecule has 0 aliphatic carbocycles. The maximum Gasteiger partial charge on any atom is 0.307 e. The molecule has 0 bridgehead atoms. The highest BCUT2D eigenvalue weighted by Crippen LogP contribution is 2.26. The van der Waals surface area contributed by atoms with E-state index in [1.54, 1.807) is 12.1 Å². The first kappa shape index (κ1) is 15.5. The van der Waals surface area contributed by atoms with Crippen molar-refractivity contribution in [2.45, 2.75) is 24.7 Å². The van der Waals surface area contributed by atoms with Crippen LogP contribution in [0.4, 0.5) is 0 Å². The molecule has 2 rings (SSSR count). The third-order valence-corrected chi connectivity index (χ3v) is 6.25. The van der Waals surface area contributed by atoms with Gasteiger partial charge in [-0.15, -0.1) is 0 Å². The molecular weight excluding hydrogens is 346 g/mol. The molecule has 0 radical (unpaired) electrons. The maximum atomic E-state index is 12.5. The van der Waals surface area contributed by atoms with Crippen molar-refractivity contribution in [3.8, 4) is 0 Å². The number of carbonyl (C=O) groups is 1. The van der Waals surface area contributed by atoms with Crippen molar-refractivity contribution in [1.29, 1.82) is 0 Å². The van der Waals surface area contributed by atoms with Crippen molar-refractivity contribution < 1.29 is 18.3 Å². The zero-order chi connectivity index (χ0) is 14.9. The Labute approximate surface area is 126 Å². The van der Waals surface area contributed by atoms with Gasteiger partial charge < -0.3 is 5.11 Å². The van der Waals surface area contributed by atoms with Gasteiger partial charge in [0.15, 0.2) is 0 Å². The number of aliphatic carboxylic acids is 1. The number of carboxylic acids is 1. The van der Waals surface area contributed by atoms with Gasteiger partial charge in [0.2, 0.25) is 10.0 Å². The van der Waals surface area contributed by atoms with Crippen LogP contribution in [-0.2, 0) is 14.8 Å². The Morgan fingerprint density at radius 1 is 1.45 bits per heavy atom. The fraction of sp³-hybridized carbons (Fsp3) is 0.462. The van der Waals surface area contributed by atoms with Crippen molar-refractivity contribution in [3.63, 3.8) is 0 Å². The molecule has 0 aromatic heterocycles. The number of rotatable bonds is 3. The lowest BCUT2D eigenvalue weighted by molar-refractivity contribution is -0.142. The minimum absolute atomic E-state index is 0.0484. The zero-order valence-electron chi connectivity index (χ0n) is 11.0. The predicted octanol–water partition coefficient (Wildman–Crippen LogP) is 2.24. The first-order chi connectivity index (χ1) is 9.32. The van der Waals surface area contributed by atoms with Crippen LogP contribution in [0.5, 0.6) is 0 Å². The van der Waals surface area contributed by atoms with Crippen LogP contribution in [0.25, 0.3) is 0 Å². The van der Waals surface area contributed by atoms with E-state index in [-0.39, 0.29) is 11.4 Å². The van der Waals surface area contributed by atoms with Gasteiger partial charge >= 0.3 is 5.97 Å². The fourth-order valence-electron chi connectivity index (χ4n) is 2.29. The molecule has 110 valence electrons. The lowest BCUT2D eigenvalue weighted by Gasteiger charge is -2.29. The molecule has 1 heterocycles. The van der Waals surface area contributed by atoms with E-state index in [4.69, 9.17) is 5.11 Å². The highest BCUT2D eigenvalue weighted by atomic mass is 79.9. The number of hydrogen-bond donors (Lipinski definition) is 1. The highest BCUT2D eigenvalue weighted by molar-refractivity contribution is 9.10. The molecule has 0 unspecified atom stereocenters. The molecule has 1 aromatic rings. The first-order valence-corrected chi connectivity index (χ1v) is 8.55. The quantitative estimate of drug-likeness (QED) is 0.895. The van der Waals surface area contributed by atoms with Crippen LogP contribution in [-0.4, -0.2) is 36.9 Å². The molecular formula is C13H16BrNO4S. The van der Waals surface area contributed by atoms with Gasteiger partial charge in [0.1, 0.15) is 0 Å². The molecule has 0 saturated carbocycles. The van der Waals surface area contributed by atoms with Gasteiger partial charge in [-0.1, -0.05) is 15.9 Å². The van der Waals surface area contributed by atoms with Crippen LogP contribution in [0.15, 0.2) is 27.6 Å². The average Bonchev–Trinajstić information content (AvgIpc) is 2.42. The van der Waals surface area contributed by atoms with Gasteiger partial charge in [-0.2, -0.15) is 4.31 Å². The second-order valence-corrected chi connectivity index (χ2v) is 7.74. The molecule has 1 N–H and O–H groups in total. The van der Waals surface area contributed by atoms with Gasteiger partial charge in [-0.05, 0) is 43.5 Å². The van der Waals surface area contributed by atoms with E-state index < -0.39 is 21.9 Å². The molecule has 7 heteroatoms. The van der Waals surface area contributed by atoms with Crippen molar-refractivity contribution in [3.05, 3.63) is 28.2 Å². The number of benzene rings is 1. The summed E-state index contributed by atoms with van der Waals surface area (Å²) in [5, 5.41) is 9.05.